The Morgan fingerprint density at radius 3 is 2.94 bits per heavy atom. The molecule has 0 unspecified atom stereocenters. The number of pyridine rings is 1. The van der Waals surface area contributed by atoms with Crippen molar-refractivity contribution in [1.82, 2.24) is 29.6 Å². The molecule has 194 valence electrons. The average Bonchev–Trinajstić information content (AvgIpc) is 3.25. The lowest BCUT2D eigenvalue weighted by molar-refractivity contribution is -0.138. The number of nitrogens with zero attached hydrogens (tertiary/aromatic N) is 6. The summed E-state index contributed by atoms with van der Waals surface area (Å²) in [7, 11) is 1.73. The molecule has 4 rings (SSSR count). The van der Waals surface area contributed by atoms with E-state index in [1.54, 1.807) is 22.8 Å². The maximum atomic E-state index is 13.2. The molecule has 3 aromatic heterocycles. The smallest absolute Gasteiger partial charge is 0.326 e. The molecule has 0 aromatic carbocycles. The van der Waals surface area contributed by atoms with Crippen molar-refractivity contribution in [3.63, 3.8) is 0 Å². The van der Waals surface area contributed by atoms with Crippen LogP contribution in [0, 0.1) is 0 Å². The number of carboxylic acids is 1. The summed E-state index contributed by atoms with van der Waals surface area (Å²) in [6, 6.07) is 3.16. The standard InChI is InChI=1S/C24H32F2N8O2/c1-33-23-18(13-30-33)22(28-15-29-23)32-19(24(35)36)9-12-34(14-20(25)26)11-3-2-6-17-8-7-16-5-4-10-27-21(16)31-17/h7-8,13,15,19-20H,2-6,9-12,14H2,1H3,(H,27,31)(H,35,36)(H,28,29,32)/t19-/m0/s1. The van der Waals surface area contributed by atoms with Crippen LogP contribution in [0.4, 0.5) is 20.4 Å². The monoisotopic (exact) mass is 502 g/mol. The molecule has 0 radical (unpaired) electrons. The lowest BCUT2D eigenvalue weighted by Crippen LogP contribution is -2.37. The highest BCUT2D eigenvalue weighted by Crippen LogP contribution is 2.21. The molecule has 10 nitrogen and oxygen atoms in total. The van der Waals surface area contributed by atoms with Gasteiger partial charge in [0.1, 0.15) is 24.0 Å². The number of anilines is 2. The first-order valence-electron chi connectivity index (χ1n) is 12.3. The van der Waals surface area contributed by atoms with Gasteiger partial charge in [-0.3, -0.25) is 9.58 Å². The predicted octanol–water partition coefficient (Wildman–Crippen LogP) is 2.96. The van der Waals surface area contributed by atoms with Crippen LogP contribution in [0.15, 0.2) is 24.7 Å². The Bertz CT molecular complexity index is 1170. The van der Waals surface area contributed by atoms with E-state index in [2.05, 4.69) is 36.8 Å². The first-order chi connectivity index (χ1) is 17.4. The SMILES string of the molecule is Cn1ncc2c(N[C@@H](CCN(CCCCc3ccc4c(n3)NCCC4)CC(F)F)C(=O)O)ncnc21. The normalized spacial score (nSPS) is 14.1. The van der Waals surface area contributed by atoms with Crippen LogP contribution in [0.25, 0.3) is 11.0 Å². The maximum absolute atomic E-state index is 13.2. The number of aliphatic carboxylic acids is 1. The van der Waals surface area contributed by atoms with Crippen molar-refractivity contribution in [2.45, 2.75) is 51.0 Å². The minimum absolute atomic E-state index is 0.145. The molecular weight excluding hydrogens is 470 g/mol. The van der Waals surface area contributed by atoms with Gasteiger partial charge >= 0.3 is 5.97 Å². The summed E-state index contributed by atoms with van der Waals surface area (Å²) in [6.45, 7) is 1.22. The van der Waals surface area contributed by atoms with Crippen LogP contribution < -0.4 is 10.6 Å². The van der Waals surface area contributed by atoms with Gasteiger partial charge in [-0.15, -0.1) is 0 Å². The summed E-state index contributed by atoms with van der Waals surface area (Å²) < 4.78 is 28.0. The van der Waals surface area contributed by atoms with Crippen LogP contribution >= 0.6 is 0 Å². The van der Waals surface area contributed by atoms with Gasteiger partial charge in [0.25, 0.3) is 6.43 Å². The number of alkyl halides is 2. The highest BCUT2D eigenvalue weighted by molar-refractivity contribution is 5.88. The lowest BCUT2D eigenvalue weighted by atomic mass is 10.1. The summed E-state index contributed by atoms with van der Waals surface area (Å²) in [4.78, 5) is 26.5. The molecule has 0 bridgehead atoms. The molecule has 1 atom stereocenters. The number of carbonyl (C=O) groups is 1. The van der Waals surface area contributed by atoms with Gasteiger partial charge in [0.05, 0.1) is 18.1 Å². The number of aryl methyl sites for hydroxylation is 3. The molecule has 0 saturated heterocycles. The fraction of sp³-hybridized carbons (Fsp3) is 0.542. The Morgan fingerprint density at radius 2 is 2.14 bits per heavy atom. The van der Waals surface area contributed by atoms with Crippen LogP contribution in [-0.4, -0.2) is 79.4 Å². The number of rotatable bonds is 13. The average molecular weight is 503 g/mol. The lowest BCUT2D eigenvalue weighted by Gasteiger charge is -2.24. The summed E-state index contributed by atoms with van der Waals surface area (Å²) in [5.41, 5.74) is 2.80. The van der Waals surface area contributed by atoms with E-state index in [1.807, 2.05) is 6.07 Å². The van der Waals surface area contributed by atoms with Crippen molar-refractivity contribution in [3.05, 3.63) is 35.9 Å². The first kappa shape index (κ1) is 25.7. The van der Waals surface area contributed by atoms with E-state index >= 15 is 0 Å². The van der Waals surface area contributed by atoms with Gasteiger partial charge in [0, 0.05) is 25.8 Å². The second kappa shape index (κ2) is 12.0. The number of fused-ring (bicyclic) bond motifs is 2. The maximum Gasteiger partial charge on any atom is 0.326 e. The van der Waals surface area contributed by atoms with Crippen LogP contribution in [0.1, 0.15) is 36.9 Å². The molecule has 0 saturated carbocycles. The molecule has 0 spiro atoms. The fourth-order valence-corrected chi connectivity index (χ4v) is 4.45. The Morgan fingerprint density at radius 1 is 1.28 bits per heavy atom. The summed E-state index contributed by atoms with van der Waals surface area (Å²) in [6.07, 6.45) is 4.99. The van der Waals surface area contributed by atoms with Gasteiger partial charge in [0.15, 0.2) is 5.65 Å². The largest absolute Gasteiger partial charge is 0.480 e. The summed E-state index contributed by atoms with van der Waals surface area (Å²) >= 11 is 0. The second-order valence-electron chi connectivity index (χ2n) is 9.04. The second-order valence-corrected chi connectivity index (χ2v) is 9.04. The van der Waals surface area contributed by atoms with E-state index in [0.717, 1.165) is 43.7 Å². The highest BCUT2D eigenvalue weighted by atomic mass is 19.3. The zero-order valence-electron chi connectivity index (χ0n) is 20.3. The minimum Gasteiger partial charge on any atom is -0.480 e. The highest BCUT2D eigenvalue weighted by Gasteiger charge is 2.22. The molecule has 12 heteroatoms. The van der Waals surface area contributed by atoms with Crippen LogP contribution in [0.3, 0.4) is 0 Å². The molecule has 4 heterocycles. The number of halogens is 2. The molecule has 1 aliphatic heterocycles. The van der Waals surface area contributed by atoms with Crippen LogP contribution in [0.5, 0.6) is 0 Å². The van der Waals surface area contributed by atoms with E-state index in [9.17, 15) is 18.7 Å². The molecular formula is C24H32F2N8O2. The van der Waals surface area contributed by atoms with Crippen LogP contribution in [0.2, 0.25) is 0 Å². The molecule has 0 amide bonds. The predicted molar refractivity (Wildman–Crippen MR) is 132 cm³/mol. The van der Waals surface area contributed by atoms with Crippen molar-refractivity contribution in [1.29, 1.82) is 0 Å². The quantitative estimate of drug-likeness (QED) is 0.303. The Hall–Kier alpha value is -3.41. The van der Waals surface area contributed by atoms with Gasteiger partial charge in [0.2, 0.25) is 0 Å². The fourth-order valence-electron chi connectivity index (χ4n) is 4.45. The molecule has 36 heavy (non-hydrogen) atoms. The van der Waals surface area contributed by atoms with Crippen molar-refractivity contribution in [2.75, 3.05) is 36.8 Å². The van der Waals surface area contributed by atoms with E-state index in [4.69, 9.17) is 0 Å². The molecule has 3 N–H and O–H groups in total. The van der Waals surface area contributed by atoms with E-state index in [1.165, 1.54) is 11.9 Å². The third kappa shape index (κ3) is 6.62. The molecule has 3 aromatic rings. The summed E-state index contributed by atoms with van der Waals surface area (Å²) in [5.74, 6) is 0.236. The number of hydrogen-bond acceptors (Lipinski definition) is 8. The topological polar surface area (TPSA) is 121 Å². The third-order valence-corrected chi connectivity index (χ3v) is 6.38. The minimum atomic E-state index is -2.49. The Balaban J connectivity index is 1.30. The van der Waals surface area contributed by atoms with Gasteiger partial charge in [-0.2, -0.15) is 5.10 Å². The van der Waals surface area contributed by atoms with Gasteiger partial charge in [-0.05, 0) is 56.7 Å². The number of unbranched alkanes of at least 4 members (excludes halogenated alkanes) is 1. The summed E-state index contributed by atoms with van der Waals surface area (Å²) in [5, 5.41) is 20.7. The zero-order valence-corrected chi connectivity index (χ0v) is 20.3. The molecule has 0 aliphatic carbocycles. The van der Waals surface area contributed by atoms with Crippen molar-refractivity contribution in [3.8, 4) is 0 Å². The molecule has 1 aliphatic rings. The third-order valence-electron chi connectivity index (χ3n) is 6.38. The van der Waals surface area contributed by atoms with Gasteiger partial charge < -0.3 is 15.7 Å². The van der Waals surface area contributed by atoms with Crippen molar-refractivity contribution in [2.24, 2.45) is 7.05 Å². The first-order valence-corrected chi connectivity index (χ1v) is 12.3. The van der Waals surface area contributed by atoms with E-state index < -0.39 is 25.0 Å². The number of aromatic nitrogens is 5. The van der Waals surface area contributed by atoms with Crippen molar-refractivity contribution < 1.29 is 18.7 Å². The van der Waals surface area contributed by atoms with E-state index in [-0.39, 0.29) is 13.0 Å². The Labute approximate surface area is 208 Å². The van der Waals surface area contributed by atoms with E-state index in [0.29, 0.717) is 29.8 Å². The number of carboxylic acid groups (broad SMARTS) is 1. The molecule has 0 fully saturated rings. The van der Waals surface area contributed by atoms with Gasteiger partial charge in [-0.1, -0.05) is 6.07 Å². The number of nitrogens with one attached hydrogen (secondary N) is 2. The zero-order chi connectivity index (χ0) is 25.5. The van der Waals surface area contributed by atoms with Crippen LogP contribution in [-0.2, 0) is 24.7 Å². The number of hydrogen-bond donors (Lipinski definition) is 3. The Kier molecular flexibility index (Phi) is 8.57. The van der Waals surface area contributed by atoms with Crippen molar-refractivity contribution >= 4 is 28.6 Å². The van der Waals surface area contributed by atoms with Gasteiger partial charge in [-0.25, -0.2) is 28.5 Å².